The summed E-state index contributed by atoms with van der Waals surface area (Å²) < 4.78 is 2.77. The number of halogens is 1. The number of rotatable bonds is 0. The third-order valence-electron chi connectivity index (χ3n) is 1.74. The summed E-state index contributed by atoms with van der Waals surface area (Å²) in [5.41, 5.74) is 6.69. The Morgan fingerprint density at radius 1 is 1.50 bits per heavy atom. The summed E-state index contributed by atoms with van der Waals surface area (Å²) in [6.07, 6.45) is 3.54. The fourth-order valence-electron chi connectivity index (χ4n) is 1.19. The first-order chi connectivity index (χ1) is 5.70. The van der Waals surface area contributed by atoms with Crippen LogP contribution in [-0.4, -0.2) is 14.8 Å². The van der Waals surface area contributed by atoms with Crippen LogP contribution >= 0.6 is 22.6 Å². The topological polar surface area (TPSA) is 56.7 Å². The fraction of sp³-hybridized carbons (Fsp3) is 0.143. The summed E-state index contributed by atoms with van der Waals surface area (Å²) in [5, 5.41) is 5.09. The van der Waals surface area contributed by atoms with Crippen molar-refractivity contribution in [3.63, 3.8) is 0 Å². The Kier molecular flexibility index (Phi) is 1.67. The van der Waals surface area contributed by atoms with Crippen molar-refractivity contribution < 1.29 is 0 Å². The van der Waals surface area contributed by atoms with Gasteiger partial charge in [-0.25, -0.2) is 0 Å². The highest BCUT2D eigenvalue weighted by Gasteiger charge is 2.07. The minimum absolute atomic E-state index is 0.569. The molecule has 0 spiro atoms. The first kappa shape index (κ1) is 7.78. The van der Waals surface area contributed by atoms with Gasteiger partial charge in [-0.1, -0.05) is 0 Å². The molecule has 0 radical (unpaired) electrons. The molecule has 0 aliphatic carbocycles. The van der Waals surface area contributed by atoms with Crippen LogP contribution in [0.4, 0.5) is 5.82 Å². The van der Waals surface area contributed by atoms with Gasteiger partial charge in [0.15, 0.2) is 5.82 Å². The highest BCUT2D eigenvalue weighted by atomic mass is 127. The molecule has 5 heteroatoms. The third-order valence-corrected chi connectivity index (χ3v) is 2.56. The second kappa shape index (κ2) is 2.58. The molecule has 2 heterocycles. The van der Waals surface area contributed by atoms with Crippen LogP contribution in [0.25, 0.3) is 10.9 Å². The van der Waals surface area contributed by atoms with E-state index in [0.717, 1.165) is 14.5 Å². The lowest BCUT2D eigenvalue weighted by Crippen LogP contribution is -1.91. The third kappa shape index (κ3) is 0.961. The number of hydrogen-bond acceptors (Lipinski definition) is 3. The molecule has 0 aliphatic heterocycles. The molecule has 2 aromatic rings. The van der Waals surface area contributed by atoms with Crippen LogP contribution < -0.4 is 5.73 Å². The highest BCUT2D eigenvalue weighted by Crippen LogP contribution is 2.23. The number of fused-ring (bicyclic) bond motifs is 1. The van der Waals surface area contributed by atoms with E-state index in [1.54, 1.807) is 17.1 Å². The molecule has 0 aromatic carbocycles. The van der Waals surface area contributed by atoms with Crippen molar-refractivity contribution in [1.82, 2.24) is 14.8 Å². The Morgan fingerprint density at radius 3 is 2.92 bits per heavy atom. The van der Waals surface area contributed by atoms with E-state index in [9.17, 15) is 0 Å². The molecule has 0 bridgehead atoms. The Balaban J connectivity index is 2.99. The molecule has 12 heavy (non-hydrogen) atoms. The summed E-state index contributed by atoms with van der Waals surface area (Å²) in [4.78, 5) is 4.06. The lowest BCUT2D eigenvalue weighted by molar-refractivity contribution is 0.800. The Morgan fingerprint density at radius 2 is 2.25 bits per heavy atom. The van der Waals surface area contributed by atoms with Crippen LogP contribution in [0.15, 0.2) is 12.4 Å². The minimum atomic E-state index is 0.569. The molecule has 2 N–H and O–H groups in total. The van der Waals surface area contributed by atoms with Gasteiger partial charge in [0.05, 0.1) is 17.1 Å². The Labute approximate surface area is 82.9 Å². The van der Waals surface area contributed by atoms with Crippen LogP contribution in [0.2, 0.25) is 0 Å². The zero-order valence-electron chi connectivity index (χ0n) is 6.45. The number of aryl methyl sites for hydroxylation is 1. The number of nitrogen functional groups attached to an aromatic ring is 1. The van der Waals surface area contributed by atoms with Gasteiger partial charge in [0, 0.05) is 16.8 Å². The smallest absolute Gasteiger partial charge is 0.154 e. The normalized spacial score (nSPS) is 10.8. The second-order valence-corrected chi connectivity index (χ2v) is 3.69. The van der Waals surface area contributed by atoms with Gasteiger partial charge in [-0.3, -0.25) is 9.67 Å². The van der Waals surface area contributed by atoms with E-state index in [-0.39, 0.29) is 0 Å². The molecule has 0 unspecified atom stereocenters. The minimum Gasteiger partial charge on any atom is -0.382 e. The molecular weight excluding hydrogens is 267 g/mol. The van der Waals surface area contributed by atoms with Gasteiger partial charge < -0.3 is 5.73 Å². The van der Waals surface area contributed by atoms with Crippen molar-refractivity contribution in [3.05, 3.63) is 16.0 Å². The fourth-order valence-corrected chi connectivity index (χ4v) is 1.90. The average molecular weight is 274 g/mol. The average Bonchev–Trinajstić information content (AvgIpc) is 2.29. The van der Waals surface area contributed by atoms with Crippen LogP contribution in [0.3, 0.4) is 0 Å². The molecule has 2 aromatic heterocycles. The number of nitrogens with two attached hydrogens (primary N) is 1. The largest absolute Gasteiger partial charge is 0.382 e. The molecule has 0 fully saturated rings. The first-order valence-electron chi connectivity index (χ1n) is 3.42. The van der Waals surface area contributed by atoms with Crippen LogP contribution in [0.1, 0.15) is 0 Å². The van der Waals surface area contributed by atoms with Gasteiger partial charge in [0.2, 0.25) is 0 Å². The van der Waals surface area contributed by atoms with Crippen molar-refractivity contribution >= 4 is 39.3 Å². The summed E-state index contributed by atoms with van der Waals surface area (Å²) in [6, 6.07) is 0. The second-order valence-electron chi connectivity index (χ2n) is 2.52. The van der Waals surface area contributed by atoms with E-state index in [0.29, 0.717) is 5.82 Å². The maximum absolute atomic E-state index is 5.71. The monoisotopic (exact) mass is 274 g/mol. The Hall–Kier alpha value is -0.850. The summed E-state index contributed by atoms with van der Waals surface area (Å²) in [5.74, 6) is 0.569. The zero-order chi connectivity index (χ0) is 8.72. The maximum atomic E-state index is 5.71. The molecule has 62 valence electrons. The van der Waals surface area contributed by atoms with Crippen molar-refractivity contribution in [2.75, 3.05) is 5.73 Å². The van der Waals surface area contributed by atoms with E-state index >= 15 is 0 Å². The molecule has 0 saturated heterocycles. The lowest BCUT2D eigenvalue weighted by Gasteiger charge is -1.93. The number of aromatic nitrogens is 3. The quantitative estimate of drug-likeness (QED) is 0.733. The van der Waals surface area contributed by atoms with E-state index in [1.807, 2.05) is 7.05 Å². The van der Waals surface area contributed by atoms with Crippen LogP contribution in [0, 0.1) is 3.57 Å². The predicted molar refractivity (Wildman–Crippen MR) is 55.6 cm³/mol. The number of nitrogens with zero attached hydrogens (tertiary/aromatic N) is 3. The van der Waals surface area contributed by atoms with Crippen LogP contribution in [-0.2, 0) is 7.05 Å². The van der Waals surface area contributed by atoms with Crippen molar-refractivity contribution in [3.8, 4) is 0 Å². The van der Waals surface area contributed by atoms with Crippen molar-refractivity contribution in [1.29, 1.82) is 0 Å². The van der Waals surface area contributed by atoms with Crippen molar-refractivity contribution in [2.24, 2.45) is 7.05 Å². The van der Waals surface area contributed by atoms with Crippen molar-refractivity contribution in [2.45, 2.75) is 0 Å². The Bertz CT molecular complexity index is 434. The van der Waals surface area contributed by atoms with E-state index in [1.165, 1.54) is 0 Å². The van der Waals surface area contributed by atoms with Gasteiger partial charge in [0.1, 0.15) is 0 Å². The SMILES string of the molecule is Cn1nc(N)c2c(I)cncc21. The van der Waals surface area contributed by atoms with E-state index < -0.39 is 0 Å². The summed E-state index contributed by atoms with van der Waals surface area (Å²) >= 11 is 2.20. The maximum Gasteiger partial charge on any atom is 0.154 e. The van der Waals surface area contributed by atoms with Gasteiger partial charge in [-0.15, -0.1) is 0 Å². The van der Waals surface area contributed by atoms with Gasteiger partial charge in [0.25, 0.3) is 0 Å². The van der Waals surface area contributed by atoms with Gasteiger partial charge in [-0.2, -0.15) is 5.10 Å². The predicted octanol–water partition coefficient (Wildman–Crippen LogP) is 1.16. The molecule has 0 aliphatic rings. The number of anilines is 1. The standard InChI is InChI=1S/C7H7IN4/c1-12-5-3-10-2-4(8)6(5)7(9)11-12/h2-3H,1H3,(H2,9,11). The summed E-state index contributed by atoms with van der Waals surface area (Å²) in [6.45, 7) is 0. The molecular formula is C7H7IN4. The first-order valence-corrected chi connectivity index (χ1v) is 4.49. The van der Waals surface area contributed by atoms with Crippen LogP contribution in [0.5, 0.6) is 0 Å². The van der Waals surface area contributed by atoms with E-state index in [2.05, 4.69) is 32.7 Å². The van der Waals surface area contributed by atoms with E-state index in [4.69, 9.17) is 5.73 Å². The van der Waals surface area contributed by atoms with Gasteiger partial charge in [-0.05, 0) is 22.6 Å². The zero-order valence-corrected chi connectivity index (χ0v) is 8.61. The highest BCUT2D eigenvalue weighted by molar-refractivity contribution is 14.1. The summed E-state index contributed by atoms with van der Waals surface area (Å²) in [7, 11) is 1.86. The molecule has 4 nitrogen and oxygen atoms in total. The number of hydrogen-bond donors (Lipinski definition) is 1. The molecule has 0 atom stereocenters. The molecule has 2 rings (SSSR count). The van der Waals surface area contributed by atoms with Gasteiger partial charge >= 0.3 is 0 Å². The molecule has 0 saturated carbocycles. The molecule has 0 amide bonds. The number of pyridine rings is 1. The lowest BCUT2D eigenvalue weighted by atomic mass is 10.3.